The maximum absolute atomic E-state index is 13.4. The van der Waals surface area contributed by atoms with E-state index in [2.05, 4.69) is 15.6 Å². The van der Waals surface area contributed by atoms with Gasteiger partial charge in [-0.25, -0.2) is 20.4 Å². The summed E-state index contributed by atoms with van der Waals surface area (Å²) in [7, 11) is 1.87. The summed E-state index contributed by atoms with van der Waals surface area (Å²) in [4.78, 5) is 42.4. The van der Waals surface area contributed by atoms with Gasteiger partial charge in [0.05, 0.1) is 17.6 Å². The number of para-hydroxylation sites is 2. The lowest BCUT2D eigenvalue weighted by Gasteiger charge is -2.29. The number of aryl methyl sites for hydroxylation is 1. The van der Waals surface area contributed by atoms with Crippen LogP contribution in [0.4, 0.5) is 4.79 Å². The molecule has 0 radical (unpaired) electrons. The lowest BCUT2D eigenvalue weighted by atomic mass is 9.84. The summed E-state index contributed by atoms with van der Waals surface area (Å²) in [6.45, 7) is 0.527. The largest absolute Gasteiger partial charge is 0.480 e. The highest BCUT2D eigenvalue weighted by Gasteiger charge is 2.30. The Hall–Kier alpha value is -3.18. The van der Waals surface area contributed by atoms with Gasteiger partial charge in [0.15, 0.2) is 0 Å². The van der Waals surface area contributed by atoms with Crippen molar-refractivity contribution in [2.75, 3.05) is 6.54 Å². The first-order chi connectivity index (χ1) is 17.3. The molecular weight excluding hydrogens is 462 g/mol. The molecule has 1 fully saturated rings. The number of imidazole rings is 1. The fourth-order valence-electron chi connectivity index (χ4n) is 4.85. The Morgan fingerprint density at radius 2 is 1.83 bits per heavy atom. The van der Waals surface area contributed by atoms with Crippen molar-refractivity contribution in [3.05, 3.63) is 30.1 Å². The van der Waals surface area contributed by atoms with Crippen LogP contribution in [0.1, 0.15) is 63.6 Å². The number of unbranched alkanes of at least 4 members (excludes halogenated alkanes) is 1. The Kier molecular flexibility index (Phi) is 10.1. The number of urea groups is 1. The Balaban J connectivity index is 1.70. The number of rotatable bonds is 12. The van der Waals surface area contributed by atoms with Crippen LogP contribution in [0.2, 0.25) is 0 Å². The summed E-state index contributed by atoms with van der Waals surface area (Å²) in [6, 6.07) is 5.03. The van der Waals surface area contributed by atoms with Crippen LogP contribution in [0.25, 0.3) is 11.0 Å². The number of carboxylic acid groups (broad SMARTS) is 1. The molecular formula is C25H39N7O4. The highest BCUT2D eigenvalue weighted by Crippen LogP contribution is 2.28. The van der Waals surface area contributed by atoms with Gasteiger partial charge in [-0.2, -0.15) is 0 Å². The highest BCUT2D eigenvalue weighted by molar-refractivity contribution is 5.88. The van der Waals surface area contributed by atoms with E-state index in [9.17, 15) is 19.5 Å². The number of hydrogen-bond donors (Lipinski definition) is 5. The van der Waals surface area contributed by atoms with E-state index in [0.717, 1.165) is 41.7 Å². The van der Waals surface area contributed by atoms with E-state index in [1.54, 1.807) is 0 Å². The first kappa shape index (κ1) is 27.4. The number of fused-ring (bicyclic) bond motifs is 1. The standard InChI is InChI=1S/C25H39N7O4/c1-31-21-13-6-5-11-18(21)28-22(31)16-32(27)23(33)20(15-17-9-3-2-4-10-17)30-25(36)29-19(24(34)35)12-7-8-14-26/h5-6,11,13,17,19-20H,2-4,7-10,12,14-16,26-27H2,1H3,(H,34,35)(H2,29,30,36)/t19-,20+/m0/s1. The third-order valence-corrected chi connectivity index (χ3v) is 6.92. The summed E-state index contributed by atoms with van der Waals surface area (Å²) in [5.41, 5.74) is 7.22. The number of amides is 3. The van der Waals surface area contributed by atoms with E-state index >= 15 is 0 Å². The van der Waals surface area contributed by atoms with E-state index in [4.69, 9.17) is 11.6 Å². The van der Waals surface area contributed by atoms with Crippen LogP contribution in [0, 0.1) is 5.92 Å². The van der Waals surface area contributed by atoms with E-state index < -0.39 is 30.0 Å². The van der Waals surface area contributed by atoms with Crippen LogP contribution in [0.3, 0.4) is 0 Å². The first-order valence-corrected chi connectivity index (χ1v) is 12.8. The molecule has 11 heteroatoms. The Morgan fingerprint density at radius 3 is 2.50 bits per heavy atom. The van der Waals surface area contributed by atoms with Crippen molar-refractivity contribution >= 4 is 28.9 Å². The third kappa shape index (κ3) is 7.41. The fourth-order valence-corrected chi connectivity index (χ4v) is 4.85. The molecule has 0 unspecified atom stereocenters. The van der Waals surface area contributed by atoms with Crippen molar-refractivity contribution in [1.82, 2.24) is 25.2 Å². The van der Waals surface area contributed by atoms with E-state index in [0.29, 0.717) is 31.6 Å². The van der Waals surface area contributed by atoms with Crippen LogP contribution in [-0.4, -0.2) is 56.2 Å². The molecule has 198 valence electrons. The number of hydrogen-bond acceptors (Lipinski definition) is 6. The van der Waals surface area contributed by atoms with Gasteiger partial charge in [0.2, 0.25) is 0 Å². The number of benzene rings is 1. The highest BCUT2D eigenvalue weighted by atomic mass is 16.4. The molecule has 3 amide bonds. The first-order valence-electron chi connectivity index (χ1n) is 12.8. The normalized spacial score (nSPS) is 15.9. The minimum atomic E-state index is -1.13. The zero-order valence-corrected chi connectivity index (χ0v) is 21.0. The average molecular weight is 502 g/mol. The molecule has 1 aromatic carbocycles. The average Bonchev–Trinajstić information content (AvgIpc) is 3.18. The van der Waals surface area contributed by atoms with Crippen LogP contribution >= 0.6 is 0 Å². The van der Waals surface area contributed by atoms with Gasteiger partial charge >= 0.3 is 12.0 Å². The molecule has 7 N–H and O–H groups in total. The summed E-state index contributed by atoms with van der Waals surface area (Å²) in [6.07, 6.45) is 7.27. The molecule has 1 heterocycles. The summed E-state index contributed by atoms with van der Waals surface area (Å²) in [5, 5.41) is 15.8. The van der Waals surface area contributed by atoms with Gasteiger partial charge in [-0.05, 0) is 50.3 Å². The van der Waals surface area contributed by atoms with Gasteiger partial charge in [-0.15, -0.1) is 0 Å². The lowest BCUT2D eigenvalue weighted by molar-refractivity contribution is -0.139. The number of nitrogens with zero attached hydrogens (tertiary/aromatic N) is 3. The van der Waals surface area contributed by atoms with Gasteiger partial charge in [-0.1, -0.05) is 44.2 Å². The van der Waals surface area contributed by atoms with Gasteiger partial charge in [0.1, 0.15) is 17.9 Å². The summed E-state index contributed by atoms with van der Waals surface area (Å²) >= 11 is 0. The second-order valence-electron chi connectivity index (χ2n) is 9.63. The molecule has 36 heavy (non-hydrogen) atoms. The van der Waals surface area contributed by atoms with Crippen LogP contribution < -0.4 is 22.2 Å². The summed E-state index contributed by atoms with van der Waals surface area (Å²) < 4.78 is 1.89. The molecule has 0 spiro atoms. The van der Waals surface area contributed by atoms with Crippen molar-refractivity contribution in [3.63, 3.8) is 0 Å². The van der Waals surface area contributed by atoms with Crippen molar-refractivity contribution in [1.29, 1.82) is 0 Å². The van der Waals surface area contributed by atoms with Gasteiger partial charge in [0, 0.05) is 7.05 Å². The minimum Gasteiger partial charge on any atom is -0.480 e. The number of nitrogens with two attached hydrogens (primary N) is 2. The molecule has 11 nitrogen and oxygen atoms in total. The SMILES string of the molecule is Cn1c(CN(N)C(=O)[C@@H](CC2CCCCC2)NC(=O)N[C@@H](CCCCN)C(=O)O)nc2ccccc21. The molecule has 0 saturated heterocycles. The van der Waals surface area contributed by atoms with Crippen molar-refractivity contribution in [3.8, 4) is 0 Å². The molecule has 2 aromatic rings. The quantitative estimate of drug-likeness (QED) is 0.128. The monoisotopic (exact) mass is 501 g/mol. The van der Waals surface area contributed by atoms with Crippen molar-refractivity contribution < 1.29 is 19.5 Å². The molecule has 1 aliphatic rings. The molecule has 3 rings (SSSR count). The maximum Gasteiger partial charge on any atom is 0.326 e. The molecule has 0 bridgehead atoms. The van der Waals surface area contributed by atoms with Gasteiger partial charge in [-0.3, -0.25) is 9.80 Å². The molecule has 1 aromatic heterocycles. The van der Waals surface area contributed by atoms with E-state index in [1.165, 1.54) is 6.42 Å². The van der Waals surface area contributed by atoms with E-state index in [-0.39, 0.29) is 18.9 Å². The predicted octanol–water partition coefficient (Wildman–Crippen LogP) is 2.00. The van der Waals surface area contributed by atoms with Crippen LogP contribution in [-0.2, 0) is 23.2 Å². The lowest BCUT2D eigenvalue weighted by Crippen LogP contribution is -2.55. The second-order valence-corrected chi connectivity index (χ2v) is 9.63. The van der Waals surface area contributed by atoms with E-state index in [1.807, 2.05) is 35.9 Å². The van der Waals surface area contributed by atoms with Crippen molar-refractivity contribution in [2.24, 2.45) is 24.5 Å². The predicted molar refractivity (Wildman–Crippen MR) is 136 cm³/mol. The smallest absolute Gasteiger partial charge is 0.326 e. The Morgan fingerprint density at radius 1 is 1.14 bits per heavy atom. The maximum atomic E-state index is 13.4. The van der Waals surface area contributed by atoms with Crippen LogP contribution in [0.15, 0.2) is 24.3 Å². The zero-order chi connectivity index (χ0) is 26.1. The van der Waals surface area contributed by atoms with Gasteiger partial charge in [0.25, 0.3) is 5.91 Å². The van der Waals surface area contributed by atoms with Crippen LogP contribution in [0.5, 0.6) is 0 Å². The van der Waals surface area contributed by atoms with Gasteiger partial charge < -0.3 is 26.0 Å². The number of carboxylic acids is 1. The number of carbonyl (C=O) groups excluding carboxylic acids is 2. The topological polar surface area (TPSA) is 169 Å². The summed E-state index contributed by atoms with van der Waals surface area (Å²) in [5.74, 6) is 5.56. The number of carbonyl (C=O) groups is 3. The Labute approximate surface area is 211 Å². The Bertz CT molecular complexity index is 1030. The number of nitrogens with one attached hydrogen (secondary N) is 2. The molecule has 2 atom stereocenters. The number of hydrazine groups is 1. The second kappa shape index (κ2) is 13.2. The minimum absolute atomic E-state index is 0.0747. The zero-order valence-electron chi connectivity index (χ0n) is 21.0. The molecule has 1 aliphatic carbocycles. The molecule has 0 aliphatic heterocycles. The molecule has 1 saturated carbocycles. The van der Waals surface area contributed by atoms with Crippen molar-refractivity contribution in [2.45, 2.75) is 76.4 Å². The number of aromatic nitrogens is 2. The number of aliphatic carboxylic acids is 1. The fraction of sp³-hybridized carbons (Fsp3) is 0.600. The third-order valence-electron chi connectivity index (χ3n) is 6.92.